The fourth-order valence-corrected chi connectivity index (χ4v) is 12.2. The van der Waals surface area contributed by atoms with E-state index in [1.165, 1.54) is 70.6 Å². The number of carbonyl (C=O) groups excluding carboxylic acids is 2. The van der Waals surface area contributed by atoms with Crippen LogP contribution in [0.1, 0.15) is 129 Å². The highest BCUT2D eigenvalue weighted by Crippen LogP contribution is 2.68. The Morgan fingerprint density at radius 2 is 1.06 bits per heavy atom. The molecule has 0 N–H and O–H groups in total. The second-order valence-electron chi connectivity index (χ2n) is 15.3. The Kier molecular flexibility index (Phi) is 5.48. The lowest BCUT2D eigenvalue weighted by atomic mass is 9.43. The Bertz CT molecular complexity index is 841. The average Bonchev–Trinajstić information content (AvgIpc) is 3.58. The zero-order valence-corrected chi connectivity index (χ0v) is 22.8. The molecule has 2 unspecified atom stereocenters. The summed E-state index contributed by atoms with van der Waals surface area (Å²) in [5.74, 6) is 4.22. The second-order valence-corrected chi connectivity index (χ2v) is 15.3. The summed E-state index contributed by atoms with van der Waals surface area (Å²) in [5, 5.41) is 0. The summed E-state index contributed by atoms with van der Waals surface area (Å²) in [7, 11) is 0. The lowest BCUT2D eigenvalue weighted by Crippen LogP contribution is -2.54. The molecule has 8 fully saturated rings. The van der Waals surface area contributed by atoms with Gasteiger partial charge in [-0.05, 0) is 149 Å². The molecule has 8 atom stereocenters. The molecule has 0 heterocycles. The number of ether oxygens (including phenoxy) is 2. The Hall–Kier alpha value is -1.06. The maximum atomic E-state index is 13.5. The molecule has 8 rings (SSSR count). The van der Waals surface area contributed by atoms with E-state index in [-0.39, 0.29) is 34.0 Å². The van der Waals surface area contributed by atoms with Crippen LogP contribution in [0.3, 0.4) is 0 Å². The van der Waals surface area contributed by atoms with Crippen molar-refractivity contribution in [2.24, 2.45) is 46.3 Å². The van der Waals surface area contributed by atoms with Crippen LogP contribution >= 0.6 is 0 Å². The Labute approximate surface area is 218 Å². The molecule has 4 heteroatoms. The molecular weight excluding hydrogens is 448 g/mol. The van der Waals surface area contributed by atoms with Crippen LogP contribution < -0.4 is 0 Å². The minimum absolute atomic E-state index is 0.0584. The van der Waals surface area contributed by atoms with Gasteiger partial charge in [-0.25, -0.2) is 0 Å². The van der Waals surface area contributed by atoms with Gasteiger partial charge in [-0.15, -0.1) is 0 Å². The summed E-state index contributed by atoms with van der Waals surface area (Å²) >= 11 is 0. The molecule has 200 valence electrons. The van der Waals surface area contributed by atoms with Crippen molar-refractivity contribution in [3.63, 3.8) is 0 Å². The van der Waals surface area contributed by atoms with E-state index in [4.69, 9.17) is 9.47 Å². The summed E-state index contributed by atoms with van der Waals surface area (Å²) in [6, 6.07) is 0. The first-order valence-electron chi connectivity index (χ1n) is 15.7. The largest absolute Gasteiger partial charge is 0.459 e. The monoisotopic (exact) mass is 496 g/mol. The quantitative estimate of drug-likeness (QED) is 0.329. The van der Waals surface area contributed by atoms with E-state index >= 15 is 0 Å². The Morgan fingerprint density at radius 3 is 1.39 bits per heavy atom. The molecule has 0 amide bonds. The molecule has 0 saturated heterocycles. The van der Waals surface area contributed by atoms with E-state index < -0.39 is 0 Å². The highest BCUT2D eigenvalue weighted by atomic mass is 16.6. The zero-order valence-electron chi connectivity index (χ0n) is 22.8. The first kappa shape index (κ1) is 24.0. The normalized spacial score (nSPS) is 51.7. The predicted molar refractivity (Wildman–Crippen MR) is 138 cm³/mol. The first-order chi connectivity index (χ1) is 17.3. The minimum Gasteiger partial charge on any atom is -0.459 e. The molecule has 0 aliphatic heterocycles. The van der Waals surface area contributed by atoms with Gasteiger partial charge in [0.05, 0.1) is 12.8 Å². The van der Waals surface area contributed by atoms with E-state index in [1.807, 2.05) is 0 Å². The molecule has 8 aliphatic rings. The predicted octanol–water partition coefficient (Wildman–Crippen LogP) is 7.38. The summed E-state index contributed by atoms with van der Waals surface area (Å²) in [6.45, 7) is 4.44. The number of hydrogen-bond donors (Lipinski definition) is 0. The third-order valence-electron chi connectivity index (χ3n) is 13.0. The SMILES string of the molecule is CC[C@@]1(OC(=O)CC23CC4CC(C2)CC(CC(=O)O[C@@]2(CC)C[C@H]5CC[C@@H]2C5)(C4)C3)C[C@@H]2CC[C@H]1C2. The van der Waals surface area contributed by atoms with Crippen molar-refractivity contribution in [2.45, 2.75) is 141 Å². The van der Waals surface area contributed by atoms with Gasteiger partial charge in [0.15, 0.2) is 0 Å². The van der Waals surface area contributed by atoms with Crippen LogP contribution in [0, 0.1) is 46.3 Å². The lowest BCUT2D eigenvalue weighted by molar-refractivity contribution is -0.184. The van der Waals surface area contributed by atoms with Crippen LogP contribution in [-0.2, 0) is 19.1 Å². The Balaban J connectivity index is 1.04. The smallest absolute Gasteiger partial charge is 0.306 e. The van der Waals surface area contributed by atoms with Crippen LogP contribution in [0.5, 0.6) is 0 Å². The average molecular weight is 497 g/mol. The summed E-state index contributed by atoms with van der Waals surface area (Å²) < 4.78 is 12.9. The zero-order chi connectivity index (χ0) is 24.8. The van der Waals surface area contributed by atoms with Crippen molar-refractivity contribution in [1.29, 1.82) is 0 Å². The van der Waals surface area contributed by atoms with Crippen molar-refractivity contribution in [1.82, 2.24) is 0 Å². The third-order valence-corrected chi connectivity index (χ3v) is 13.0. The number of hydrogen-bond acceptors (Lipinski definition) is 4. The molecular formula is C32H48O4. The van der Waals surface area contributed by atoms with Gasteiger partial charge in [0.2, 0.25) is 0 Å². The third kappa shape index (κ3) is 3.73. The van der Waals surface area contributed by atoms with E-state index in [2.05, 4.69) is 13.8 Å². The first-order valence-corrected chi connectivity index (χ1v) is 15.7. The van der Waals surface area contributed by atoms with E-state index in [9.17, 15) is 9.59 Å². The Morgan fingerprint density at radius 1 is 0.611 bits per heavy atom. The molecule has 0 aromatic rings. The molecule has 0 aromatic carbocycles. The second kappa shape index (κ2) is 8.22. The van der Waals surface area contributed by atoms with Crippen molar-refractivity contribution >= 4 is 11.9 Å². The standard InChI is InChI=1S/C32H48O4/c1-3-31(16-21-5-7-25(31)10-21)35-27(33)18-29-12-23-9-24(13-29)15-30(14-23,20-29)19-28(34)36-32(4-2)17-22-6-8-26(32)11-22/h21-26H,3-20H2,1-2H3/t21-,22+,23?,24?,25+,26-,29?,30?,31-,32+. The lowest BCUT2D eigenvalue weighted by Gasteiger charge is -2.62. The molecule has 36 heavy (non-hydrogen) atoms. The molecule has 4 nitrogen and oxygen atoms in total. The number of carbonyl (C=O) groups is 2. The van der Waals surface area contributed by atoms with Gasteiger partial charge in [-0.1, -0.05) is 13.8 Å². The van der Waals surface area contributed by atoms with E-state index in [0.717, 1.165) is 43.9 Å². The fraction of sp³-hybridized carbons (Fsp3) is 0.938. The van der Waals surface area contributed by atoms with Gasteiger partial charge in [0.25, 0.3) is 0 Å². The maximum Gasteiger partial charge on any atom is 0.306 e. The molecule has 8 bridgehead atoms. The van der Waals surface area contributed by atoms with Crippen LogP contribution in [-0.4, -0.2) is 23.1 Å². The molecule has 0 spiro atoms. The van der Waals surface area contributed by atoms with Gasteiger partial charge >= 0.3 is 11.9 Å². The molecule has 8 aliphatic carbocycles. The molecule has 0 radical (unpaired) electrons. The topological polar surface area (TPSA) is 52.6 Å². The van der Waals surface area contributed by atoms with Gasteiger partial charge in [0.1, 0.15) is 11.2 Å². The van der Waals surface area contributed by atoms with Crippen molar-refractivity contribution in [2.75, 3.05) is 0 Å². The van der Waals surface area contributed by atoms with E-state index in [0.29, 0.717) is 36.5 Å². The highest BCUT2D eigenvalue weighted by molar-refractivity contribution is 5.72. The van der Waals surface area contributed by atoms with Gasteiger partial charge in [-0.3, -0.25) is 9.59 Å². The van der Waals surface area contributed by atoms with Gasteiger partial charge < -0.3 is 9.47 Å². The number of fused-ring (bicyclic) bond motifs is 4. The van der Waals surface area contributed by atoms with Crippen LogP contribution in [0.2, 0.25) is 0 Å². The van der Waals surface area contributed by atoms with Crippen molar-refractivity contribution < 1.29 is 19.1 Å². The van der Waals surface area contributed by atoms with E-state index in [1.54, 1.807) is 0 Å². The molecule has 0 aromatic heterocycles. The summed E-state index contributed by atoms with van der Waals surface area (Å²) in [5.41, 5.74) is -0.246. The number of esters is 2. The van der Waals surface area contributed by atoms with Crippen LogP contribution in [0.25, 0.3) is 0 Å². The summed E-state index contributed by atoms with van der Waals surface area (Å²) in [4.78, 5) is 27.0. The van der Waals surface area contributed by atoms with Gasteiger partial charge in [-0.2, -0.15) is 0 Å². The van der Waals surface area contributed by atoms with Crippen LogP contribution in [0.15, 0.2) is 0 Å². The highest BCUT2D eigenvalue weighted by Gasteiger charge is 2.60. The van der Waals surface area contributed by atoms with Crippen molar-refractivity contribution in [3.05, 3.63) is 0 Å². The minimum atomic E-state index is -0.182. The molecule has 8 saturated carbocycles. The van der Waals surface area contributed by atoms with Gasteiger partial charge in [0, 0.05) is 0 Å². The maximum absolute atomic E-state index is 13.5. The number of rotatable bonds is 8. The van der Waals surface area contributed by atoms with Crippen LogP contribution in [0.4, 0.5) is 0 Å². The van der Waals surface area contributed by atoms with Crippen molar-refractivity contribution in [3.8, 4) is 0 Å². The fourth-order valence-electron chi connectivity index (χ4n) is 12.2. The summed E-state index contributed by atoms with van der Waals surface area (Å²) in [6.07, 6.45) is 20.0.